The molecule has 4 rings (SSSR count). The van der Waals surface area contributed by atoms with Crippen LogP contribution in [0.15, 0.2) is 66.9 Å². The number of carbonyl (C=O) groups is 3. The highest BCUT2D eigenvalue weighted by atomic mass is 127. The van der Waals surface area contributed by atoms with Gasteiger partial charge in [0.25, 0.3) is 0 Å². The van der Waals surface area contributed by atoms with E-state index >= 15 is 0 Å². The summed E-state index contributed by atoms with van der Waals surface area (Å²) in [4.78, 5) is 40.1. The largest absolute Gasteiger partial charge is 1.00 e. The number of piperidine rings is 1. The van der Waals surface area contributed by atoms with Crippen molar-refractivity contribution in [2.24, 2.45) is 0 Å². The van der Waals surface area contributed by atoms with Gasteiger partial charge >= 0.3 is 6.09 Å². The smallest absolute Gasteiger partial charge is 0.411 e. The third-order valence-electron chi connectivity index (χ3n) is 6.62. The molecular weight excluding hydrogens is 595 g/mol. The number of likely N-dealkylation sites (tertiary alicyclic amines) is 1. The summed E-state index contributed by atoms with van der Waals surface area (Å²) >= 11 is 0. The van der Waals surface area contributed by atoms with Crippen molar-refractivity contribution in [3.63, 3.8) is 0 Å². The SMILES string of the molecule is C[N+]1(C)CCC(OC(=O)Nc2cc(CCC(=O)Nc3ccc(C=O)cn3)ccc2-c2ccccc2)CC1.[I-]. The average Bonchev–Trinajstić information content (AvgIpc) is 2.90. The Bertz CT molecular complexity index is 1240. The molecule has 0 aliphatic carbocycles. The number of hydrogen-bond donors (Lipinski definition) is 2. The molecule has 0 saturated carbocycles. The van der Waals surface area contributed by atoms with Crippen molar-refractivity contribution in [2.75, 3.05) is 37.8 Å². The molecule has 0 unspecified atom stereocenters. The van der Waals surface area contributed by atoms with Crippen LogP contribution in [0.4, 0.5) is 16.3 Å². The summed E-state index contributed by atoms with van der Waals surface area (Å²) in [6.45, 7) is 1.95. The summed E-state index contributed by atoms with van der Waals surface area (Å²) in [5.74, 6) is 0.205. The molecule has 200 valence electrons. The maximum Gasteiger partial charge on any atom is 0.411 e. The van der Waals surface area contributed by atoms with E-state index in [4.69, 9.17) is 4.74 Å². The molecule has 2 aromatic carbocycles. The molecule has 1 fully saturated rings. The number of carbonyl (C=O) groups excluding carboxylic acids is 3. The molecule has 0 atom stereocenters. The number of ether oxygens (including phenoxy) is 1. The number of nitrogens with zero attached hydrogens (tertiary/aromatic N) is 2. The quantitative estimate of drug-likeness (QED) is 0.226. The fourth-order valence-electron chi connectivity index (χ4n) is 4.38. The second kappa shape index (κ2) is 13.5. The van der Waals surface area contributed by atoms with Gasteiger partial charge in [0.15, 0.2) is 6.29 Å². The number of hydrogen-bond acceptors (Lipinski definition) is 5. The first kappa shape index (κ1) is 29.2. The van der Waals surface area contributed by atoms with Crippen LogP contribution in [0.2, 0.25) is 0 Å². The predicted octanol–water partition coefficient (Wildman–Crippen LogP) is 1.92. The molecule has 2 N–H and O–H groups in total. The minimum absolute atomic E-state index is 0. The van der Waals surface area contributed by atoms with E-state index in [9.17, 15) is 14.4 Å². The minimum atomic E-state index is -0.464. The average molecular weight is 629 g/mol. The van der Waals surface area contributed by atoms with E-state index in [-0.39, 0.29) is 42.4 Å². The van der Waals surface area contributed by atoms with E-state index < -0.39 is 6.09 Å². The van der Waals surface area contributed by atoms with Gasteiger partial charge < -0.3 is 38.5 Å². The highest BCUT2D eigenvalue weighted by Gasteiger charge is 2.28. The van der Waals surface area contributed by atoms with Gasteiger partial charge in [0.05, 0.1) is 32.9 Å². The number of halogens is 1. The van der Waals surface area contributed by atoms with Crippen LogP contribution in [0.3, 0.4) is 0 Å². The van der Waals surface area contributed by atoms with Gasteiger partial charge in [-0.25, -0.2) is 9.78 Å². The van der Waals surface area contributed by atoms with Crippen LogP contribution in [0.25, 0.3) is 11.1 Å². The molecule has 1 aliphatic heterocycles. The Morgan fingerprint density at radius 3 is 2.42 bits per heavy atom. The first-order valence-electron chi connectivity index (χ1n) is 12.5. The fraction of sp³-hybridized carbons (Fsp3) is 0.310. The fourth-order valence-corrected chi connectivity index (χ4v) is 4.38. The molecule has 1 saturated heterocycles. The van der Waals surface area contributed by atoms with Crippen molar-refractivity contribution in [1.82, 2.24) is 4.98 Å². The molecular formula is C29H33IN4O4. The van der Waals surface area contributed by atoms with Crippen molar-refractivity contribution in [3.8, 4) is 11.1 Å². The number of pyridine rings is 1. The number of aromatic nitrogens is 1. The highest BCUT2D eigenvalue weighted by molar-refractivity contribution is 5.92. The lowest BCUT2D eigenvalue weighted by molar-refractivity contribution is -0.896. The number of quaternary nitrogens is 1. The van der Waals surface area contributed by atoms with E-state index in [0.717, 1.165) is 47.1 Å². The molecule has 0 radical (unpaired) electrons. The Hall–Kier alpha value is -3.31. The first-order valence-corrected chi connectivity index (χ1v) is 12.5. The van der Waals surface area contributed by atoms with Crippen LogP contribution in [0, 0.1) is 0 Å². The Kier molecular flexibility index (Phi) is 10.4. The van der Waals surface area contributed by atoms with Gasteiger partial charge in [-0.3, -0.25) is 14.9 Å². The summed E-state index contributed by atoms with van der Waals surface area (Å²) < 4.78 is 6.69. The summed E-state index contributed by atoms with van der Waals surface area (Å²) in [7, 11) is 4.38. The van der Waals surface area contributed by atoms with E-state index in [2.05, 4.69) is 29.7 Å². The summed E-state index contributed by atoms with van der Waals surface area (Å²) in [6.07, 6.45) is 3.96. The highest BCUT2D eigenvalue weighted by Crippen LogP contribution is 2.30. The number of nitrogens with one attached hydrogen (secondary N) is 2. The van der Waals surface area contributed by atoms with Gasteiger partial charge in [-0.05, 0) is 35.7 Å². The number of benzene rings is 2. The minimum Gasteiger partial charge on any atom is -1.00 e. The summed E-state index contributed by atoms with van der Waals surface area (Å²) in [6, 6.07) is 18.8. The van der Waals surface area contributed by atoms with Crippen LogP contribution >= 0.6 is 0 Å². The summed E-state index contributed by atoms with van der Waals surface area (Å²) in [5, 5.41) is 5.69. The van der Waals surface area contributed by atoms with E-state index in [1.807, 2.05) is 48.5 Å². The van der Waals surface area contributed by atoms with Crippen molar-refractivity contribution in [3.05, 3.63) is 78.0 Å². The number of aldehydes is 1. The molecule has 3 aromatic rings. The molecule has 8 nitrogen and oxygen atoms in total. The molecule has 9 heteroatoms. The van der Waals surface area contributed by atoms with E-state index in [0.29, 0.717) is 29.8 Å². The zero-order chi connectivity index (χ0) is 26.3. The van der Waals surface area contributed by atoms with E-state index in [1.54, 1.807) is 12.1 Å². The Labute approximate surface area is 240 Å². The van der Waals surface area contributed by atoms with Crippen LogP contribution in [-0.2, 0) is 16.0 Å². The number of amides is 2. The normalized spacial score (nSPS) is 14.6. The van der Waals surface area contributed by atoms with Crippen LogP contribution < -0.4 is 34.6 Å². The van der Waals surface area contributed by atoms with Crippen LogP contribution in [-0.4, -0.2) is 61.0 Å². The van der Waals surface area contributed by atoms with Crippen LogP contribution in [0.5, 0.6) is 0 Å². The van der Waals surface area contributed by atoms with E-state index in [1.165, 1.54) is 6.20 Å². The topological polar surface area (TPSA) is 97.4 Å². The summed E-state index contributed by atoms with van der Waals surface area (Å²) in [5.41, 5.74) is 3.86. The molecule has 1 aliphatic rings. The lowest BCUT2D eigenvalue weighted by Gasteiger charge is -2.36. The molecule has 0 spiro atoms. The number of anilines is 2. The maximum atomic E-state index is 12.8. The van der Waals surface area contributed by atoms with Gasteiger partial charge in [-0.15, -0.1) is 0 Å². The van der Waals surface area contributed by atoms with Gasteiger partial charge in [0, 0.05) is 36.6 Å². The van der Waals surface area contributed by atoms with Gasteiger partial charge in [-0.1, -0.05) is 42.5 Å². The molecule has 38 heavy (non-hydrogen) atoms. The Balaban J connectivity index is 0.00000400. The Morgan fingerprint density at radius 1 is 1.03 bits per heavy atom. The lowest BCUT2D eigenvalue weighted by atomic mass is 9.99. The number of aryl methyl sites for hydroxylation is 1. The van der Waals surface area contributed by atoms with Crippen molar-refractivity contribution >= 4 is 29.8 Å². The third kappa shape index (κ3) is 8.35. The molecule has 2 amide bonds. The van der Waals surface area contributed by atoms with Gasteiger partial charge in [0.1, 0.15) is 11.9 Å². The maximum absolute atomic E-state index is 12.8. The lowest BCUT2D eigenvalue weighted by Crippen LogP contribution is -3.00. The van der Waals surface area contributed by atoms with Gasteiger partial charge in [-0.2, -0.15) is 0 Å². The standard InChI is InChI=1S/C29H32N4O4.HI/c1-33(2)16-14-24(15-17-33)37-29(36)31-26-18-21(8-11-25(26)23-6-4-3-5-7-23)10-13-28(35)32-27-12-9-22(20-34)19-30-27;/h3-9,11-12,18-20,24H,10,13-17H2,1-2H3,(H-,30,31,32,34,35,36);1H. The second-order valence-electron chi connectivity index (χ2n) is 10.0. The molecule has 2 heterocycles. The Morgan fingerprint density at radius 2 is 1.76 bits per heavy atom. The molecule has 1 aromatic heterocycles. The van der Waals surface area contributed by atoms with Crippen molar-refractivity contribution in [2.45, 2.75) is 31.8 Å². The predicted molar refractivity (Wildman–Crippen MR) is 143 cm³/mol. The third-order valence-corrected chi connectivity index (χ3v) is 6.62. The first-order chi connectivity index (χ1) is 17.8. The monoisotopic (exact) mass is 628 g/mol. The second-order valence-corrected chi connectivity index (χ2v) is 10.0. The number of rotatable bonds is 8. The van der Waals surface area contributed by atoms with Gasteiger partial charge in [0.2, 0.25) is 5.91 Å². The van der Waals surface area contributed by atoms with Crippen molar-refractivity contribution in [1.29, 1.82) is 0 Å². The zero-order valence-corrected chi connectivity index (χ0v) is 23.8. The molecule has 0 bridgehead atoms. The van der Waals surface area contributed by atoms with Crippen molar-refractivity contribution < 1.29 is 47.6 Å². The van der Waals surface area contributed by atoms with Crippen LogP contribution in [0.1, 0.15) is 35.2 Å². The zero-order valence-electron chi connectivity index (χ0n) is 21.7.